The first kappa shape index (κ1) is 24.7. The molecule has 1 saturated carbocycles. The van der Waals surface area contributed by atoms with Crippen molar-refractivity contribution in [3.63, 3.8) is 0 Å². The number of esters is 1. The fraction of sp³-hybridized carbons (Fsp3) is 0.464. The summed E-state index contributed by atoms with van der Waals surface area (Å²) >= 11 is 0. The molecule has 0 radical (unpaired) electrons. The first-order chi connectivity index (χ1) is 15.8. The molecule has 176 valence electrons. The molecule has 5 heteroatoms. The Hall–Kier alpha value is -2.97. The number of aliphatic hydroxyl groups excluding tert-OH is 1. The normalized spacial score (nSPS) is 15.1. The molecule has 5 nitrogen and oxygen atoms in total. The van der Waals surface area contributed by atoms with Crippen LogP contribution in [0.2, 0.25) is 0 Å². The average molecular weight is 451 g/mol. The van der Waals surface area contributed by atoms with E-state index in [9.17, 15) is 9.90 Å². The molecule has 1 aliphatic carbocycles. The molecular weight excluding hydrogens is 416 g/mol. The molecule has 3 rings (SSSR count). The maximum Gasteiger partial charge on any atom is 0.307 e. The lowest BCUT2D eigenvalue weighted by molar-refractivity contribution is -0.140. The minimum atomic E-state index is -0.278. The second-order valence-electron chi connectivity index (χ2n) is 9.44. The van der Waals surface area contributed by atoms with Gasteiger partial charge in [-0.1, -0.05) is 44.0 Å². The molecular formula is C28H34O5. The minimum absolute atomic E-state index is 0.0423. The minimum Gasteiger partial charge on any atom is -0.493 e. The molecule has 33 heavy (non-hydrogen) atoms. The average Bonchev–Trinajstić information content (AvgIpc) is 3.62. The van der Waals surface area contributed by atoms with E-state index in [0.29, 0.717) is 13.2 Å². The highest BCUT2D eigenvalue weighted by atomic mass is 16.5. The zero-order chi connectivity index (χ0) is 23.9. The van der Waals surface area contributed by atoms with Crippen molar-refractivity contribution in [1.29, 1.82) is 0 Å². The standard InChI is InChI=1S/C28H34O5/c1-5-7-22(16-26(30)31-4)21-10-12-24(13-11-21)32-19-27(2,3)23-8-6-9-25(17-23)33-20-28(18-29)14-15-28/h6,8-13,17,22,29H,14-16,18-20H2,1-4H3. The maximum atomic E-state index is 11.7. The van der Waals surface area contributed by atoms with Gasteiger partial charge in [0.1, 0.15) is 11.5 Å². The number of rotatable bonds is 11. The van der Waals surface area contributed by atoms with E-state index >= 15 is 0 Å². The molecule has 0 heterocycles. The molecule has 0 aromatic heterocycles. The lowest BCUT2D eigenvalue weighted by Crippen LogP contribution is -2.26. The Labute approximate surface area is 197 Å². The van der Waals surface area contributed by atoms with E-state index in [1.54, 1.807) is 6.92 Å². The van der Waals surface area contributed by atoms with Crippen LogP contribution in [0.1, 0.15) is 57.1 Å². The Morgan fingerprint density at radius 1 is 1.12 bits per heavy atom. The van der Waals surface area contributed by atoms with Gasteiger partial charge in [-0.2, -0.15) is 0 Å². The first-order valence-corrected chi connectivity index (χ1v) is 11.4. The molecule has 0 amide bonds. The lowest BCUT2D eigenvalue weighted by Gasteiger charge is -2.26. The third kappa shape index (κ3) is 6.76. The first-order valence-electron chi connectivity index (χ1n) is 11.4. The SMILES string of the molecule is CC#CC(CC(=O)OC)c1ccc(OCC(C)(C)c2cccc(OCC3(CO)CC3)c2)cc1. The van der Waals surface area contributed by atoms with Crippen LogP contribution in [0.15, 0.2) is 48.5 Å². The highest BCUT2D eigenvalue weighted by Gasteiger charge is 2.43. The van der Waals surface area contributed by atoms with Gasteiger partial charge in [0.2, 0.25) is 0 Å². The maximum absolute atomic E-state index is 11.7. The van der Waals surface area contributed by atoms with E-state index in [4.69, 9.17) is 14.2 Å². The summed E-state index contributed by atoms with van der Waals surface area (Å²) in [6, 6.07) is 15.8. The number of hydrogen-bond acceptors (Lipinski definition) is 5. The van der Waals surface area contributed by atoms with Crippen LogP contribution in [0.5, 0.6) is 11.5 Å². The van der Waals surface area contributed by atoms with Crippen LogP contribution < -0.4 is 9.47 Å². The fourth-order valence-electron chi connectivity index (χ4n) is 3.59. The molecule has 1 unspecified atom stereocenters. The smallest absolute Gasteiger partial charge is 0.307 e. The van der Waals surface area contributed by atoms with Gasteiger partial charge in [-0.3, -0.25) is 4.79 Å². The summed E-state index contributed by atoms with van der Waals surface area (Å²) < 4.78 is 16.9. The van der Waals surface area contributed by atoms with Crippen molar-refractivity contribution in [3.05, 3.63) is 59.7 Å². The monoisotopic (exact) mass is 450 g/mol. The van der Waals surface area contributed by atoms with E-state index in [1.165, 1.54) is 7.11 Å². The Morgan fingerprint density at radius 2 is 1.85 bits per heavy atom. The summed E-state index contributed by atoms with van der Waals surface area (Å²) in [5.41, 5.74) is 1.82. The molecule has 1 fully saturated rings. The van der Waals surface area contributed by atoms with Crippen molar-refractivity contribution in [2.24, 2.45) is 5.41 Å². The molecule has 0 saturated heterocycles. The molecule has 1 aliphatic rings. The van der Waals surface area contributed by atoms with Gasteiger partial charge in [0.25, 0.3) is 0 Å². The topological polar surface area (TPSA) is 65.0 Å². The predicted molar refractivity (Wildman–Crippen MR) is 128 cm³/mol. The van der Waals surface area contributed by atoms with E-state index in [1.807, 2.05) is 36.4 Å². The van der Waals surface area contributed by atoms with Crippen LogP contribution in [0, 0.1) is 17.3 Å². The molecule has 2 aromatic carbocycles. The second kappa shape index (κ2) is 10.8. The Balaban J connectivity index is 1.61. The van der Waals surface area contributed by atoms with Gasteiger partial charge in [-0.05, 0) is 55.2 Å². The molecule has 2 aromatic rings. The summed E-state index contributed by atoms with van der Waals surface area (Å²) in [5.74, 6) is 7.07. The highest BCUT2D eigenvalue weighted by Crippen LogP contribution is 2.45. The number of carbonyl (C=O) groups is 1. The number of carbonyl (C=O) groups excluding carboxylic acids is 1. The largest absolute Gasteiger partial charge is 0.493 e. The summed E-state index contributed by atoms with van der Waals surface area (Å²) in [4.78, 5) is 11.7. The summed E-state index contributed by atoms with van der Waals surface area (Å²) in [6.45, 7) is 7.27. The van der Waals surface area contributed by atoms with Gasteiger partial charge in [0.05, 0.1) is 39.3 Å². The van der Waals surface area contributed by atoms with Crippen molar-refractivity contribution in [2.75, 3.05) is 26.9 Å². The zero-order valence-electron chi connectivity index (χ0n) is 20.0. The molecule has 1 N–H and O–H groups in total. The number of methoxy groups -OCH3 is 1. The lowest BCUT2D eigenvalue weighted by atomic mass is 9.85. The fourth-order valence-corrected chi connectivity index (χ4v) is 3.59. The highest BCUT2D eigenvalue weighted by molar-refractivity contribution is 5.71. The number of aliphatic hydroxyl groups is 1. The Bertz CT molecular complexity index is 993. The van der Waals surface area contributed by atoms with E-state index < -0.39 is 0 Å². The van der Waals surface area contributed by atoms with Gasteiger partial charge in [-0.15, -0.1) is 5.92 Å². The Kier molecular flexibility index (Phi) is 8.05. The van der Waals surface area contributed by atoms with E-state index in [0.717, 1.165) is 35.5 Å². The van der Waals surface area contributed by atoms with Crippen molar-refractivity contribution >= 4 is 5.97 Å². The molecule has 1 atom stereocenters. The third-order valence-corrected chi connectivity index (χ3v) is 6.25. The van der Waals surface area contributed by atoms with Gasteiger partial charge >= 0.3 is 5.97 Å². The van der Waals surface area contributed by atoms with Gasteiger partial charge in [0, 0.05) is 10.8 Å². The van der Waals surface area contributed by atoms with E-state index in [2.05, 4.69) is 37.8 Å². The third-order valence-electron chi connectivity index (χ3n) is 6.25. The van der Waals surface area contributed by atoms with Crippen LogP contribution in [-0.4, -0.2) is 38.0 Å². The van der Waals surface area contributed by atoms with Crippen LogP contribution in [0.25, 0.3) is 0 Å². The van der Waals surface area contributed by atoms with Crippen molar-refractivity contribution < 1.29 is 24.1 Å². The summed E-state index contributed by atoms with van der Waals surface area (Å²) in [7, 11) is 1.39. The van der Waals surface area contributed by atoms with Crippen LogP contribution >= 0.6 is 0 Å². The number of benzene rings is 2. The predicted octanol–water partition coefficient (Wildman–Crippen LogP) is 4.86. The van der Waals surface area contributed by atoms with E-state index in [-0.39, 0.29) is 35.7 Å². The quantitative estimate of drug-likeness (QED) is 0.391. The van der Waals surface area contributed by atoms with Crippen LogP contribution in [0.3, 0.4) is 0 Å². The molecule has 0 spiro atoms. The van der Waals surface area contributed by atoms with Crippen molar-refractivity contribution in [3.8, 4) is 23.3 Å². The van der Waals surface area contributed by atoms with Gasteiger partial charge in [0.15, 0.2) is 0 Å². The van der Waals surface area contributed by atoms with Crippen LogP contribution in [-0.2, 0) is 14.9 Å². The second-order valence-corrected chi connectivity index (χ2v) is 9.44. The van der Waals surface area contributed by atoms with Crippen LogP contribution in [0.4, 0.5) is 0 Å². The number of ether oxygens (including phenoxy) is 3. The summed E-state index contributed by atoms with van der Waals surface area (Å²) in [5, 5.41) is 9.50. The zero-order valence-corrected chi connectivity index (χ0v) is 20.0. The summed E-state index contributed by atoms with van der Waals surface area (Å²) in [6.07, 6.45) is 2.27. The molecule has 0 aliphatic heterocycles. The van der Waals surface area contributed by atoms with Crippen molar-refractivity contribution in [1.82, 2.24) is 0 Å². The van der Waals surface area contributed by atoms with Gasteiger partial charge in [-0.25, -0.2) is 0 Å². The van der Waals surface area contributed by atoms with Crippen molar-refractivity contribution in [2.45, 2.75) is 51.4 Å². The Morgan fingerprint density at radius 3 is 2.45 bits per heavy atom. The molecule has 0 bridgehead atoms. The number of hydrogen-bond donors (Lipinski definition) is 1. The van der Waals surface area contributed by atoms with Gasteiger partial charge < -0.3 is 19.3 Å².